The Labute approximate surface area is 182 Å². The first kappa shape index (κ1) is 18.1. The van der Waals surface area contributed by atoms with E-state index >= 15 is 0 Å². The Hall–Kier alpha value is -2.99. The topological polar surface area (TPSA) is 34.4 Å². The van der Waals surface area contributed by atoms with Crippen molar-refractivity contribution in [2.75, 3.05) is 0 Å². The maximum Gasteiger partial charge on any atom is 0.108 e. The molecule has 0 radical (unpaired) electrons. The maximum atomic E-state index is 10.6. The van der Waals surface area contributed by atoms with Gasteiger partial charge in [0.05, 0.1) is 11.0 Å². The van der Waals surface area contributed by atoms with Crippen LogP contribution in [0.2, 0.25) is 0 Å². The number of nitroso groups, excluding NO2 is 1. The van der Waals surface area contributed by atoms with Crippen LogP contribution in [0.25, 0.3) is 38.6 Å². The molecule has 0 saturated heterocycles. The van der Waals surface area contributed by atoms with Crippen LogP contribution in [-0.2, 0) is 0 Å². The zero-order valence-electron chi connectivity index (χ0n) is 15.8. The highest BCUT2D eigenvalue weighted by Gasteiger charge is 2.13. The number of fused-ring (bicyclic) bond motifs is 3. The third kappa shape index (κ3) is 3.13. The average molecular weight is 488 g/mol. The van der Waals surface area contributed by atoms with Gasteiger partial charge >= 0.3 is 0 Å². The highest BCUT2D eigenvalue weighted by Crippen LogP contribution is 2.34. The van der Waals surface area contributed by atoms with Crippen molar-refractivity contribution in [2.45, 2.75) is 6.92 Å². The molecule has 5 rings (SSSR count). The van der Waals surface area contributed by atoms with E-state index < -0.39 is 0 Å². The van der Waals surface area contributed by atoms with Crippen molar-refractivity contribution in [3.05, 3.63) is 99.0 Å². The van der Waals surface area contributed by atoms with E-state index in [1.807, 2.05) is 12.1 Å². The first-order valence-electron chi connectivity index (χ1n) is 9.38. The Morgan fingerprint density at radius 1 is 0.724 bits per heavy atom. The van der Waals surface area contributed by atoms with Crippen LogP contribution in [0.3, 0.4) is 0 Å². The Morgan fingerprint density at radius 2 is 1.31 bits per heavy atom. The molecule has 1 heterocycles. The summed E-state index contributed by atoms with van der Waals surface area (Å²) in [5.74, 6) is 0. The van der Waals surface area contributed by atoms with E-state index in [-0.39, 0.29) is 0 Å². The van der Waals surface area contributed by atoms with Gasteiger partial charge in [0.1, 0.15) is 5.69 Å². The maximum absolute atomic E-state index is 10.6. The van der Waals surface area contributed by atoms with Gasteiger partial charge in [-0.2, -0.15) is 0 Å². The van der Waals surface area contributed by atoms with E-state index in [2.05, 4.69) is 99.9 Å². The molecule has 3 nitrogen and oxygen atoms in total. The molecule has 0 amide bonds. The molecule has 4 aromatic carbocycles. The van der Waals surface area contributed by atoms with Crippen molar-refractivity contribution >= 4 is 50.1 Å². The van der Waals surface area contributed by atoms with Crippen LogP contribution < -0.4 is 0 Å². The van der Waals surface area contributed by atoms with Gasteiger partial charge in [-0.1, -0.05) is 35.9 Å². The lowest BCUT2D eigenvalue weighted by Gasteiger charge is -2.09. The lowest BCUT2D eigenvalue weighted by atomic mass is 10.0. The van der Waals surface area contributed by atoms with Crippen LogP contribution in [0.4, 0.5) is 5.69 Å². The molecule has 0 atom stereocenters. The van der Waals surface area contributed by atoms with E-state index in [4.69, 9.17) is 0 Å². The number of rotatable bonds is 3. The van der Waals surface area contributed by atoms with Gasteiger partial charge in [-0.15, -0.1) is 4.91 Å². The van der Waals surface area contributed by atoms with Gasteiger partial charge in [-0.25, -0.2) is 0 Å². The molecule has 0 fully saturated rings. The van der Waals surface area contributed by atoms with Crippen LogP contribution in [0.15, 0.2) is 90.1 Å². The van der Waals surface area contributed by atoms with E-state index in [1.54, 1.807) is 12.1 Å². The number of aromatic nitrogens is 1. The van der Waals surface area contributed by atoms with Crippen LogP contribution >= 0.6 is 22.6 Å². The summed E-state index contributed by atoms with van der Waals surface area (Å²) in [5.41, 5.74) is 7.43. The number of aryl methyl sites for hydroxylation is 1. The quantitative estimate of drug-likeness (QED) is 0.189. The van der Waals surface area contributed by atoms with Gasteiger partial charge < -0.3 is 4.57 Å². The first-order chi connectivity index (χ1) is 14.1. The Bertz CT molecular complexity index is 1310. The van der Waals surface area contributed by atoms with E-state index in [9.17, 15) is 4.91 Å². The summed E-state index contributed by atoms with van der Waals surface area (Å²) in [5, 5.41) is 5.52. The highest BCUT2D eigenvalue weighted by atomic mass is 127. The molecule has 29 heavy (non-hydrogen) atoms. The zero-order valence-corrected chi connectivity index (χ0v) is 17.9. The molecule has 4 heteroatoms. The summed E-state index contributed by atoms with van der Waals surface area (Å²) >= 11 is 2.37. The Kier molecular flexibility index (Phi) is 4.43. The number of hydrogen-bond acceptors (Lipinski definition) is 2. The zero-order chi connectivity index (χ0) is 20.0. The summed E-state index contributed by atoms with van der Waals surface area (Å²) in [7, 11) is 0. The van der Waals surface area contributed by atoms with Crippen LogP contribution in [0.5, 0.6) is 0 Å². The minimum atomic E-state index is 0.445. The molecule has 140 valence electrons. The van der Waals surface area contributed by atoms with Gasteiger partial charge in [0.25, 0.3) is 0 Å². The summed E-state index contributed by atoms with van der Waals surface area (Å²) in [6.07, 6.45) is 0. The summed E-state index contributed by atoms with van der Waals surface area (Å²) in [6, 6.07) is 29.1. The second-order valence-electron chi connectivity index (χ2n) is 7.20. The molecule has 0 bridgehead atoms. The fourth-order valence-electron chi connectivity index (χ4n) is 3.91. The number of halogens is 1. The molecular weight excluding hydrogens is 471 g/mol. The molecular formula is C25H17IN2O. The van der Waals surface area contributed by atoms with Crippen LogP contribution in [0, 0.1) is 15.4 Å². The minimum absolute atomic E-state index is 0.445. The molecule has 5 aromatic rings. The fourth-order valence-corrected chi connectivity index (χ4v) is 4.40. The third-order valence-electron chi connectivity index (χ3n) is 5.31. The first-order valence-corrected chi connectivity index (χ1v) is 10.5. The van der Waals surface area contributed by atoms with Gasteiger partial charge in [0.15, 0.2) is 0 Å². The van der Waals surface area contributed by atoms with Gasteiger partial charge in [-0.3, -0.25) is 0 Å². The summed E-state index contributed by atoms with van der Waals surface area (Å²) < 4.78 is 3.56. The van der Waals surface area contributed by atoms with Crippen molar-refractivity contribution in [1.29, 1.82) is 0 Å². The number of nitrogens with zero attached hydrogens (tertiary/aromatic N) is 2. The Balaban J connectivity index is 1.67. The number of benzene rings is 4. The van der Waals surface area contributed by atoms with E-state index in [0.717, 1.165) is 16.8 Å². The van der Waals surface area contributed by atoms with Crippen molar-refractivity contribution in [3.8, 4) is 16.8 Å². The second kappa shape index (κ2) is 7.12. The largest absolute Gasteiger partial charge is 0.309 e. The molecule has 0 unspecified atom stereocenters. The van der Waals surface area contributed by atoms with Gasteiger partial charge in [0, 0.05) is 20.0 Å². The lowest BCUT2D eigenvalue weighted by Crippen LogP contribution is -1.93. The second-order valence-corrected chi connectivity index (χ2v) is 8.45. The SMILES string of the molecule is Cc1ccc2c(c1)c1cc(I)ccc1n2-c1ccc(-c2ccc(N=O)cc2)cc1. The number of hydrogen-bond donors (Lipinski definition) is 0. The standard InChI is InChI=1S/C25H17IN2O/c1-16-2-12-24-22(14-16)23-15-19(26)7-13-25(23)28(24)21-10-5-18(6-11-21)17-3-8-20(27-29)9-4-17/h2-15H,1H3. The van der Waals surface area contributed by atoms with Crippen molar-refractivity contribution in [1.82, 2.24) is 4.57 Å². The molecule has 0 aliphatic rings. The molecule has 0 aliphatic heterocycles. The average Bonchev–Trinajstić information content (AvgIpc) is 3.07. The van der Waals surface area contributed by atoms with Gasteiger partial charge in [0.2, 0.25) is 0 Å². The fraction of sp³-hybridized carbons (Fsp3) is 0.0400. The van der Waals surface area contributed by atoms with Gasteiger partial charge in [-0.05, 0) is 100 Å². The predicted octanol–water partition coefficient (Wildman–Crippen LogP) is 7.76. The Morgan fingerprint density at radius 3 is 1.97 bits per heavy atom. The molecule has 0 aliphatic carbocycles. The normalized spacial score (nSPS) is 11.2. The van der Waals surface area contributed by atoms with Crippen molar-refractivity contribution in [2.24, 2.45) is 5.18 Å². The van der Waals surface area contributed by atoms with E-state index in [0.29, 0.717) is 5.69 Å². The molecule has 1 aromatic heterocycles. The minimum Gasteiger partial charge on any atom is -0.309 e. The molecule has 0 saturated carbocycles. The highest BCUT2D eigenvalue weighted by molar-refractivity contribution is 14.1. The van der Waals surface area contributed by atoms with Crippen molar-refractivity contribution in [3.63, 3.8) is 0 Å². The van der Waals surface area contributed by atoms with Crippen LogP contribution in [0.1, 0.15) is 5.56 Å². The molecule has 0 N–H and O–H groups in total. The predicted molar refractivity (Wildman–Crippen MR) is 129 cm³/mol. The monoisotopic (exact) mass is 488 g/mol. The third-order valence-corrected chi connectivity index (χ3v) is 5.99. The smallest absolute Gasteiger partial charge is 0.108 e. The lowest BCUT2D eigenvalue weighted by molar-refractivity contribution is 1.18. The summed E-state index contributed by atoms with van der Waals surface area (Å²) in [4.78, 5) is 10.6. The summed E-state index contributed by atoms with van der Waals surface area (Å²) in [6.45, 7) is 2.14. The van der Waals surface area contributed by atoms with Crippen LogP contribution in [-0.4, -0.2) is 4.57 Å². The van der Waals surface area contributed by atoms with E-state index in [1.165, 1.54) is 30.9 Å². The molecule has 0 spiro atoms. The van der Waals surface area contributed by atoms with Crippen molar-refractivity contribution < 1.29 is 0 Å².